The summed E-state index contributed by atoms with van der Waals surface area (Å²) in [6, 6.07) is 3.56. The van der Waals surface area contributed by atoms with E-state index in [0.29, 0.717) is 12.1 Å². The van der Waals surface area contributed by atoms with Crippen molar-refractivity contribution in [3.05, 3.63) is 59.2 Å². The lowest BCUT2D eigenvalue weighted by Crippen LogP contribution is -2.44. The molecule has 31 heavy (non-hydrogen) atoms. The molecule has 2 aromatic rings. The van der Waals surface area contributed by atoms with Crippen molar-refractivity contribution in [3.63, 3.8) is 0 Å². The van der Waals surface area contributed by atoms with Crippen LogP contribution >= 0.6 is 0 Å². The smallest absolute Gasteiger partial charge is 0.255 e. The number of carbonyl (C=O) groups excluding carboxylic acids is 1. The number of benzene rings is 2. The van der Waals surface area contributed by atoms with Gasteiger partial charge in [0.05, 0.1) is 18.8 Å². The average molecular weight is 462 g/mol. The van der Waals surface area contributed by atoms with E-state index in [1.54, 1.807) is 0 Å². The van der Waals surface area contributed by atoms with Crippen LogP contribution in [0.5, 0.6) is 0 Å². The Bertz CT molecular complexity index is 1100. The van der Waals surface area contributed by atoms with E-state index in [9.17, 15) is 35.9 Å². The number of hydrogen-bond donors (Lipinski definition) is 2. The Balaban J connectivity index is 1.91. The minimum absolute atomic E-state index is 0.0289. The predicted molar refractivity (Wildman–Crippen MR) is 101 cm³/mol. The maximum Gasteiger partial charge on any atom is 0.255 e. The molecule has 168 valence electrons. The van der Waals surface area contributed by atoms with Gasteiger partial charge in [-0.1, -0.05) is 0 Å². The summed E-state index contributed by atoms with van der Waals surface area (Å²) in [6.07, 6.45) is 0. The zero-order valence-corrected chi connectivity index (χ0v) is 17.0. The highest BCUT2D eigenvalue weighted by Gasteiger charge is 2.36. The van der Waals surface area contributed by atoms with E-state index in [-0.39, 0.29) is 31.9 Å². The average Bonchev–Trinajstić information content (AvgIpc) is 2.87. The molecule has 1 saturated heterocycles. The van der Waals surface area contributed by atoms with Crippen LogP contribution in [-0.4, -0.2) is 55.6 Å². The van der Waals surface area contributed by atoms with Crippen LogP contribution in [0.15, 0.2) is 35.2 Å². The molecule has 1 unspecified atom stereocenters. The molecule has 1 atom stereocenters. The van der Waals surface area contributed by atoms with Crippen LogP contribution in [0.3, 0.4) is 0 Å². The van der Waals surface area contributed by atoms with Crippen molar-refractivity contribution in [1.82, 2.24) is 4.31 Å². The van der Waals surface area contributed by atoms with Crippen LogP contribution < -0.4 is 5.32 Å². The van der Waals surface area contributed by atoms with Gasteiger partial charge in [-0.2, -0.15) is 4.31 Å². The van der Waals surface area contributed by atoms with E-state index in [0.717, 1.165) is 22.5 Å². The summed E-state index contributed by atoms with van der Waals surface area (Å²) < 4.78 is 86.0. The SMILES string of the molecule is CC1(O)COCCN(S(=O)(=O)c2cc(C(=O)Nc3cc(F)c(F)c(F)c3)ccc2F)C1. The molecule has 0 aromatic heterocycles. The highest BCUT2D eigenvalue weighted by Crippen LogP contribution is 2.25. The second-order valence-electron chi connectivity index (χ2n) is 7.24. The first-order valence-electron chi connectivity index (χ1n) is 8.96. The van der Waals surface area contributed by atoms with Crippen LogP contribution in [0.25, 0.3) is 0 Å². The molecule has 0 radical (unpaired) electrons. The van der Waals surface area contributed by atoms with Gasteiger partial charge in [0.1, 0.15) is 10.7 Å². The second-order valence-corrected chi connectivity index (χ2v) is 9.15. The van der Waals surface area contributed by atoms with Crippen LogP contribution in [-0.2, 0) is 14.8 Å². The van der Waals surface area contributed by atoms with Gasteiger partial charge < -0.3 is 15.2 Å². The van der Waals surface area contributed by atoms with Crippen molar-refractivity contribution < 1.29 is 40.6 Å². The standard InChI is InChI=1S/C19H18F4N2O5S/c1-19(27)9-25(4-5-30-10-19)31(28,29)16-6-11(2-3-13(16)20)18(26)24-12-7-14(21)17(23)15(22)8-12/h2-3,6-8,27H,4-5,9-10H2,1H3,(H,24,26). The number of sulfonamides is 1. The van der Waals surface area contributed by atoms with Gasteiger partial charge in [-0.15, -0.1) is 0 Å². The number of anilines is 1. The lowest BCUT2D eigenvalue weighted by molar-refractivity contribution is -0.0174. The molecule has 0 saturated carbocycles. The highest BCUT2D eigenvalue weighted by atomic mass is 32.2. The minimum atomic E-state index is -4.47. The van der Waals surface area contributed by atoms with Gasteiger partial charge in [-0.3, -0.25) is 4.79 Å². The second kappa shape index (κ2) is 8.54. The molecule has 3 rings (SSSR count). The van der Waals surface area contributed by atoms with E-state index < -0.39 is 55.4 Å². The van der Waals surface area contributed by atoms with Crippen molar-refractivity contribution in [1.29, 1.82) is 0 Å². The molecule has 12 heteroatoms. The summed E-state index contributed by atoms with van der Waals surface area (Å²) in [5, 5.41) is 12.3. The first kappa shape index (κ1) is 23.1. The highest BCUT2D eigenvalue weighted by molar-refractivity contribution is 7.89. The van der Waals surface area contributed by atoms with Gasteiger partial charge in [0.25, 0.3) is 5.91 Å². The van der Waals surface area contributed by atoms with E-state index in [1.807, 2.05) is 0 Å². The lowest BCUT2D eigenvalue weighted by atomic mass is 10.1. The third kappa shape index (κ3) is 5.03. The van der Waals surface area contributed by atoms with Crippen molar-refractivity contribution in [2.75, 3.05) is 31.6 Å². The van der Waals surface area contributed by atoms with E-state index >= 15 is 0 Å². The van der Waals surface area contributed by atoms with E-state index in [2.05, 4.69) is 5.32 Å². The Labute approximate surface area is 175 Å². The molecule has 0 spiro atoms. The number of ether oxygens (including phenoxy) is 1. The summed E-state index contributed by atoms with van der Waals surface area (Å²) in [5.74, 6) is -6.93. The monoisotopic (exact) mass is 462 g/mol. The third-order valence-electron chi connectivity index (χ3n) is 4.47. The number of β-amino-alcohol motifs (C(OH)–C–C–N with tert-alkyl or cyclic N) is 1. The summed E-state index contributed by atoms with van der Waals surface area (Å²) in [6.45, 7) is 0.706. The van der Waals surface area contributed by atoms with Crippen LogP contribution in [0.2, 0.25) is 0 Å². The third-order valence-corrected chi connectivity index (χ3v) is 6.33. The number of hydrogen-bond acceptors (Lipinski definition) is 5. The Hall–Kier alpha value is -2.54. The number of aliphatic hydroxyl groups is 1. The quantitative estimate of drug-likeness (QED) is 0.537. The largest absolute Gasteiger partial charge is 0.386 e. The molecular weight excluding hydrogens is 444 g/mol. The zero-order chi connectivity index (χ0) is 23.0. The molecule has 1 fully saturated rings. The van der Waals surface area contributed by atoms with Crippen molar-refractivity contribution in [2.24, 2.45) is 0 Å². The summed E-state index contributed by atoms with van der Waals surface area (Å²) in [7, 11) is -4.47. The molecule has 0 aliphatic carbocycles. The number of nitrogens with zero attached hydrogens (tertiary/aromatic N) is 1. The molecular formula is C19H18F4N2O5S. The van der Waals surface area contributed by atoms with Gasteiger partial charge >= 0.3 is 0 Å². The summed E-state index contributed by atoms with van der Waals surface area (Å²) >= 11 is 0. The molecule has 2 N–H and O–H groups in total. The fraction of sp³-hybridized carbons (Fsp3) is 0.316. The Morgan fingerprint density at radius 2 is 1.77 bits per heavy atom. The first-order valence-corrected chi connectivity index (χ1v) is 10.4. The molecule has 0 bridgehead atoms. The first-order chi connectivity index (χ1) is 14.4. The van der Waals surface area contributed by atoms with Gasteiger partial charge in [0.2, 0.25) is 10.0 Å². The number of amides is 1. The van der Waals surface area contributed by atoms with Gasteiger partial charge in [-0.05, 0) is 25.1 Å². The number of halogens is 4. The van der Waals surface area contributed by atoms with E-state index in [1.165, 1.54) is 6.92 Å². The van der Waals surface area contributed by atoms with E-state index in [4.69, 9.17) is 4.74 Å². The topological polar surface area (TPSA) is 95.9 Å². The zero-order valence-electron chi connectivity index (χ0n) is 16.2. The lowest BCUT2D eigenvalue weighted by Gasteiger charge is -2.27. The maximum absolute atomic E-state index is 14.4. The molecule has 1 amide bonds. The minimum Gasteiger partial charge on any atom is -0.386 e. The summed E-state index contributed by atoms with van der Waals surface area (Å²) in [5.41, 5.74) is -2.26. The van der Waals surface area contributed by atoms with Gasteiger partial charge in [-0.25, -0.2) is 26.0 Å². The summed E-state index contributed by atoms with van der Waals surface area (Å²) in [4.78, 5) is 11.6. The van der Waals surface area contributed by atoms with Crippen molar-refractivity contribution >= 4 is 21.6 Å². The van der Waals surface area contributed by atoms with Crippen LogP contribution in [0, 0.1) is 23.3 Å². The Kier molecular flexibility index (Phi) is 6.37. The van der Waals surface area contributed by atoms with Gasteiger partial charge in [0.15, 0.2) is 17.5 Å². The van der Waals surface area contributed by atoms with Crippen LogP contribution in [0.4, 0.5) is 23.2 Å². The number of carbonyl (C=O) groups is 1. The fourth-order valence-electron chi connectivity index (χ4n) is 2.98. The Morgan fingerprint density at radius 1 is 1.13 bits per heavy atom. The maximum atomic E-state index is 14.4. The molecule has 1 aliphatic rings. The molecule has 2 aromatic carbocycles. The Morgan fingerprint density at radius 3 is 2.42 bits per heavy atom. The number of nitrogens with one attached hydrogen (secondary N) is 1. The van der Waals surface area contributed by atoms with Crippen LogP contribution in [0.1, 0.15) is 17.3 Å². The molecule has 7 nitrogen and oxygen atoms in total. The normalized spacial score (nSPS) is 20.3. The fourth-order valence-corrected chi connectivity index (χ4v) is 4.61. The van der Waals surface area contributed by atoms with Crippen molar-refractivity contribution in [2.45, 2.75) is 17.4 Å². The number of rotatable bonds is 4. The molecule has 1 heterocycles. The molecule has 1 aliphatic heterocycles. The van der Waals surface area contributed by atoms with Crippen molar-refractivity contribution in [3.8, 4) is 0 Å². The predicted octanol–water partition coefficient (Wildman–Crippen LogP) is 2.27. The van der Waals surface area contributed by atoms with Gasteiger partial charge in [0, 0.05) is 36.5 Å².